The van der Waals surface area contributed by atoms with E-state index in [1.54, 1.807) is 6.92 Å². The molecule has 0 unspecified atom stereocenters. The summed E-state index contributed by atoms with van der Waals surface area (Å²) in [6.45, 7) is 4.82. The quantitative estimate of drug-likeness (QED) is 0.876. The van der Waals surface area contributed by atoms with Crippen LogP contribution in [0, 0.1) is 6.92 Å². The molecule has 0 spiro atoms. The van der Waals surface area contributed by atoms with E-state index in [4.69, 9.17) is 4.74 Å². The Kier molecular flexibility index (Phi) is 4.10. The molecule has 0 atom stereocenters. The predicted molar refractivity (Wildman–Crippen MR) is 73.0 cm³/mol. The standard InChI is InChI=1S/C11H15N5O2S/c1-4-12-10-15-14-8(19-10)6-16-9(17)5-7(2)13-11(16)18-3/h5H,4,6H2,1-3H3,(H,12,15). The maximum atomic E-state index is 11.9. The molecule has 0 aromatic carbocycles. The Labute approximate surface area is 114 Å². The van der Waals surface area contributed by atoms with E-state index in [1.165, 1.54) is 29.1 Å². The molecule has 2 aromatic heterocycles. The summed E-state index contributed by atoms with van der Waals surface area (Å²) in [5.74, 6) is 0. The Morgan fingerprint density at radius 3 is 2.95 bits per heavy atom. The van der Waals surface area contributed by atoms with Gasteiger partial charge in [-0.2, -0.15) is 0 Å². The second-order valence-electron chi connectivity index (χ2n) is 3.84. The van der Waals surface area contributed by atoms with Gasteiger partial charge in [0.25, 0.3) is 11.6 Å². The first-order valence-electron chi connectivity index (χ1n) is 5.82. The molecule has 19 heavy (non-hydrogen) atoms. The van der Waals surface area contributed by atoms with Gasteiger partial charge >= 0.3 is 0 Å². The van der Waals surface area contributed by atoms with Gasteiger partial charge < -0.3 is 10.1 Å². The van der Waals surface area contributed by atoms with Crippen LogP contribution in [0.5, 0.6) is 6.01 Å². The molecule has 0 aliphatic heterocycles. The largest absolute Gasteiger partial charge is 0.468 e. The summed E-state index contributed by atoms with van der Waals surface area (Å²) >= 11 is 1.41. The summed E-state index contributed by atoms with van der Waals surface area (Å²) in [7, 11) is 1.49. The van der Waals surface area contributed by atoms with E-state index in [0.29, 0.717) is 12.2 Å². The van der Waals surface area contributed by atoms with Crippen LogP contribution in [0.2, 0.25) is 0 Å². The van der Waals surface area contributed by atoms with E-state index in [9.17, 15) is 4.79 Å². The summed E-state index contributed by atoms with van der Waals surface area (Å²) < 4.78 is 6.56. The topological polar surface area (TPSA) is 81.9 Å². The first-order chi connectivity index (χ1) is 9.13. The highest BCUT2D eigenvalue weighted by atomic mass is 32.1. The van der Waals surface area contributed by atoms with Crippen molar-refractivity contribution >= 4 is 16.5 Å². The number of nitrogens with zero attached hydrogens (tertiary/aromatic N) is 4. The summed E-state index contributed by atoms with van der Waals surface area (Å²) in [5.41, 5.74) is 0.466. The fourth-order valence-corrected chi connectivity index (χ4v) is 2.37. The lowest BCUT2D eigenvalue weighted by Gasteiger charge is -2.08. The maximum absolute atomic E-state index is 11.9. The van der Waals surface area contributed by atoms with Crippen LogP contribution in [-0.2, 0) is 6.54 Å². The van der Waals surface area contributed by atoms with Crippen molar-refractivity contribution in [1.29, 1.82) is 0 Å². The third-order valence-electron chi connectivity index (χ3n) is 2.37. The summed E-state index contributed by atoms with van der Waals surface area (Å²) in [6.07, 6.45) is 0. The smallest absolute Gasteiger partial charge is 0.299 e. The molecule has 8 heteroatoms. The number of hydrogen-bond acceptors (Lipinski definition) is 7. The molecule has 2 heterocycles. The molecule has 0 aliphatic rings. The van der Waals surface area contributed by atoms with E-state index >= 15 is 0 Å². The first kappa shape index (κ1) is 13.5. The molecule has 1 N–H and O–H groups in total. The minimum Gasteiger partial charge on any atom is -0.468 e. The molecule has 0 saturated carbocycles. The van der Waals surface area contributed by atoms with Crippen LogP contribution < -0.4 is 15.6 Å². The Hall–Kier alpha value is -1.96. The van der Waals surface area contributed by atoms with Crippen LogP contribution in [0.3, 0.4) is 0 Å². The zero-order chi connectivity index (χ0) is 13.8. The second-order valence-corrected chi connectivity index (χ2v) is 4.90. The summed E-state index contributed by atoms with van der Waals surface area (Å²) in [6, 6.07) is 1.75. The van der Waals surface area contributed by atoms with E-state index < -0.39 is 0 Å². The van der Waals surface area contributed by atoms with Crippen molar-refractivity contribution in [2.24, 2.45) is 0 Å². The maximum Gasteiger partial charge on any atom is 0.299 e. The number of ether oxygens (including phenoxy) is 1. The fourth-order valence-electron chi connectivity index (χ4n) is 1.57. The van der Waals surface area contributed by atoms with Gasteiger partial charge in [-0.1, -0.05) is 11.3 Å². The van der Waals surface area contributed by atoms with E-state index in [-0.39, 0.29) is 11.6 Å². The molecule has 0 amide bonds. The number of hydrogen-bond donors (Lipinski definition) is 1. The minimum atomic E-state index is -0.162. The number of methoxy groups -OCH3 is 1. The van der Waals surface area contributed by atoms with Crippen LogP contribution in [0.25, 0.3) is 0 Å². The predicted octanol–water partition coefficient (Wildman–Crippen LogP) is 0.892. The van der Waals surface area contributed by atoms with Crippen LogP contribution in [-0.4, -0.2) is 33.4 Å². The van der Waals surface area contributed by atoms with Gasteiger partial charge in [0, 0.05) is 18.3 Å². The number of anilines is 1. The fraction of sp³-hybridized carbons (Fsp3) is 0.455. The molecular formula is C11H15N5O2S. The zero-order valence-electron chi connectivity index (χ0n) is 11.0. The second kappa shape index (κ2) is 5.79. The summed E-state index contributed by atoms with van der Waals surface area (Å²) in [5, 5.41) is 12.6. The van der Waals surface area contributed by atoms with Crippen LogP contribution in [0.15, 0.2) is 10.9 Å². The third-order valence-corrected chi connectivity index (χ3v) is 3.24. The number of aromatic nitrogens is 4. The normalized spacial score (nSPS) is 10.5. The van der Waals surface area contributed by atoms with Gasteiger partial charge in [-0.05, 0) is 13.8 Å². The Balaban J connectivity index is 2.29. The lowest BCUT2D eigenvalue weighted by atomic mass is 10.4. The number of aryl methyl sites for hydroxylation is 1. The summed E-state index contributed by atoms with van der Waals surface area (Å²) in [4.78, 5) is 16.1. The van der Waals surface area contributed by atoms with Gasteiger partial charge in [0.2, 0.25) is 5.13 Å². The van der Waals surface area contributed by atoms with Crippen molar-refractivity contribution in [2.45, 2.75) is 20.4 Å². The van der Waals surface area contributed by atoms with Crippen molar-refractivity contribution < 1.29 is 4.74 Å². The molecule has 2 rings (SSSR count). The van der Waals surface area contributed by atoms with Crippen LogP contribution in [0.1, 0.15) is 17.6 Å². The lowest BCUT2D eigenvalue weighted by Crippen LogP contribution is -2.23. The monoisotopic (exact) mass is 281 g/mol. The highest BCUT2D eigenvalue weighted by Gasteiger charge is 2.11. The average molecular weight is 281 g/mol. The third kappa shape index (κ3) is 3.08. The molecule has 0 bridgehead atoms. The van der Waals surface area contributed by atoms with Gasteiger partial charge in [0.15, 0.2) is 0 Å². The van der Waals surface area contributed by atoms with Gasteiger partial charge in [0.1, 0.15) is 5.01 Å². The van der Waals surface area contributed by atoms with Gasteiger partial charge in [-0.25, -0.2) is 4.98 Å². The Morgan fingerprint density at radius 1 is 1.47 bits per heavy atom. The zero-order valence-corrected chi connectivity index (χ0v) is 11.8. The molecule has 102 valence electrons. The highest BCUT2D eigenvalue weighted by molar-refractivity contribution is 7.15. The molecular weight excluding hydrogens is 266 g/mol. The highest BCUT2D eigenvalue weighted by Crippen LogP contribution is 2.17. The van der Waals surface area contributed by atoms with Crippen molar-refractivity contribution in [3.8, 4) is 6.01 Å². The number of rotatable bonds is 5. The van der Waals surface area contributed by atoms with Crippen molar-refractivity contribution in [2.75, 3.05) is 19.0 Å². The molecule has 0 radical (unpaired) electrons. The van der Waals surface area contributed by atoms with Gasteiger partial charge in [-0.3, -0.25) is 9.36 Å². The van der Waals surface area contributed by atoms with E-state index in [2.05, 4.69) is 20.5 Å². The molecule has 0 aliphatic carbocycles. The van der Waals surface area contributed by atoms with Crippen molar-refractivity contribution in [1.82, 2.24) is 19.7 Å². The SMILES string of the molecule is CCNc1nnc(Cn2c(OC)nc(C)cc2=O)s1. The molecule has 0 fully saturated rings. The molecule has 0 saturated heterocycles. The Morgan fingerprint density at radius 2 is 2.26 bits per heavy atom. The number of nitrogens with one attached hydrogen (secondary N) is 1. The van der Waals surface area contributed by atoms with Gasteiger partial charge in [0.05, 0.1) is 13.7 Å². The van der Waals surface area contributed by atoms with Crippen molar-refractivity contribution in [3.63, 3.8) is 0 Å². The van der Waals surface area contributed by atoms with E-state index in [1.807, 2.05) is 6.92 Å². The minimum absolute atomic E-state index is 0.162. The van der Waals surface area contributed by atoms with Crippen molar-refractivity contribution in [3.05, 3.63) is 27.1 Å². The average Bonchev–Trinajstić information content (AvgIpc) is 2.80. The van der Waals surface area contributed by atoms with Gasteiger partial charge in [-0.15, -0.1) is 10.2 Å². The van der Waals surface area contributed by atoms with E-state index in [0.717, 1.165) is 16.7 Å². The van der Waals surface area contributed by atoms with Crippen LogP contribution >= 0.6 is 11.3 Å². The lowest BCUT2D eigenvalue weighted by molar-refractivity contribution is 0.349. The molecule has 2 aromatic rings. The Bertz CT molecular complexity index is 622. The first-order valence-corrected chi connectivity index (χ1v) is 6.64. The molecule has 7 nitrogen and oxygen atoms in total. The van der Waals surface area contributed by atoms with Crippen LogP contribution in [0.4, 0.5) is 5.13 Å².